The van der Waals surface area contributed by atoms with E-state index in [4.69, 9.17) is 34.6 Å². The van der Waals surface area contributed by atoms with Gasteiger partial charge in [-0.25, -0.2) is 32.1 Å². The third kappa shape index (κ3) is 6.07. The van der Waals surface area contributed by atoms with E-state index in [2.05, 4.69) is 40.3 Å². The number of hydrogen-bond donors (Lipinski definition) is 4. The van der Waals surface area contributed by atoms with E-state index in [1.54, 1.807) is 52.5 Å². The largest absolute Gasteiger partial charge is 0.393 e. The maximum atomic E-state index is 9.84. The molecule has 10 rings (SSSR count). The van der Waals surface area contributed by atoms with E-state index < -0.39 is 23.3 Å². The quantitative estimate of drug-likeness (QED) is 0.163. The van der Waals surface area contributed by atoms with Crippen LogP contribution in [0.1, 0.15) is 25.7 Å². The molecule has 0 atom stereocenters. The van der Waals surface area contributed by atoms with Gasteiger partial charge in [0.15, 0.2) is 11.6 Å². The van der Waals surface area contributed by atoms with E-state index in [0.29, 0.717) is 71.2 Å². The van der Waals surface area contributed by atoms with Gasteiger partial charge in [0.2, 0.25) is 13.1 Å². The molecule has 2 aliphatic rings. The van der Waals surface area contributed by atoms with Crippen molar-refractivity contribution in [1.82, 2.24) is 68.3 Å². The van der Waals surface area contributed by atoms with Gasteiger partial charge >= 0.3 is 0 Å². The molecule has 2 fully saturated rings. The Morgan fingerprint density at radius 1 is 0.655 bits per heavy atom. The number of aliphatic hydroxyl groups excluding tert-OH is 2. The molecule has 8 heterocycles. The number of aryl methyl sites for hydroxylation is 2. The van der Waals surface area contributed by atoms with Crippen molar-refractivity contribution >= 4 is 22.7 Å². The summed E-state index contributed by atoms with van der Waals surface area (Å²) in [5, 5.41) is 45.8. The second-order valence-electron chi connectivity index (χ2n) is 15.0. The average Bonchev–Trinajstić information content (AvgIpc) is 4.03. The summed E-state index contributed by atoms with van der Waals surface area (Å²) in [6.45, 7) is 15.1. The molecule has 2 saturated carbocycles. The number of rotatable bonds is 8. The minimum absolute atomic E-state index is 0.246. The van der Waals surface area contributed by atoms with E-state index in [1.807, 2.05) is 63.4 Å². The van der Waals surface area contributed by atoms with Gasteiger partial charge in [-0.2, -0.15) is 30.6 Å². The summed E-state index contributed by atoms with van der Waals surface area (Å²) < 4.78 is 10.4. The molecule has 0 aromatic carbocycles. The molecule has 8 aromatic rings. The Morgan fingerprint density at radius 3 is 1.41 bits per heavy atom. The van der Waals surface area contributed by atoms with Crippen molar-refractivity contribution in [3.63, 3.8) is 0 Å². The molecule has 0 amide bonds. The van der Waals surface area contributed by atoms with Crippen LogP contribution in [0.15, 0.2) is 74.1 Å². The van der Waals surface area contributed by atoms with Crippen molar-refractivity contribution in [3.8, 4) is 45.0 Å². The average molecular weight is 779 g/mol. The summed E-state index contributed by atoms with van der Waals surface area (Å²) in [4.78, 5) is 16.8. The first-order valence-electron chi connectivity index (χ1n) is 18.4. The van der Waals surface area contributed by atoms with E-state index in [1.165, 1.54) is 0 Å². The summed E-state index contributed by atoms with van der Waals surface area (Å²) in [5.41, 5.74) is 18.9. The standard InChI is InChI=1S/2C19H19N9O/c2*1-21-11-19(5-13(29)6-19)28-9-14(18(20)25-28)17-16-3-4-22-27(16)10-15(24-17)12-7-23-26(2)8-12/h2*3-4,7-10,13,29H,5-6,11H2,2H3,(H2,20,25). The summed E-state index contributed by atoms with van der Waals surface area (Å²) in [7, 11) is 3.70. The van der Waals surface area contributed by atoms with Crippen LogP contribution in [0.4, 0.5) is 11.6 Å². The summed E-state index contributed by atoms with van der Waals surface area (Å²) in [5.74, 6) is 0.657. The number of nitrogen functional groups attached to an aromatic ring is 2. The molecule has 20 nitrogen and oxygen atoms in total. The molecular formula is C38H38N18O2. The second-order valence-corrected chi connectivity index (χ2v) is 15.0. The van der Waals surface area contributed by atoms with Crippen LogP contribution >= 0.6 is 0 Å². The third-order valence-electron chi connectivity index (χ3n) is 11.0. The molecule has 0 spiro atoms. The van der Waals surface area contributed by atoms with E-state index in [0.717, 1.165) is 22.2 Å². The van der Waals surface area contributed by atoms with Crippen LogP contribution in [0.3, 0.4) is 0 Å². The first-order valence-corrected chi connectivity index (χ1v) is 18.4. The molecule has 0 saturated heterocycles. The molecule has 2 aliphatic carbocycles. The molecule has 0 radical (unpaired) electrons. The van der Waals surface area contributed by atoms with Gasteiger partial charge in [-0.15, -0.1) is 0 Å². The van der Waals surface area contributed by atoms with Crippen molar-refractivity contribution in [1.29, 1.82) is 0 Å². The van der Waals surface area contributed by atoms with Gasteiger partial charge in [-0.3, -0.25) is 18.7 Å². The lowest BCUT2D eigenvalue weighted by Gasteiger charge is -2.41. The third-order valence-corrected chi connectivity index (χ3v) is 11.0. The number of nitrogens with zero attached hydrogens (tertiary/aromatic N) is 16. The van der Waals surface area contributed by atoms with Gasteiger partial charge in [-0.1, -0.05) is 0 Å². The van der Waals surface area contributed by atoms with E-state index >= 15 is 0 Å². The van der Waals surface area contributed by atoms with Crippen molar-refractivity contribution in [2.24, 2.45) is 14.1 Å². The topological polar surface area (TPSA) is 233 Å². The summed E-state index contributed by atoms with van der Waals surface area (Å²) >= 11 is 0. The second kappa shape index (κ2) is 13.7. The lowest BCUT2D eigenvalue weighted by atomic mass is 9.74. The fourth-order valence-electron chi connectivity index (χ4n) is 7.97. The zero-order valence-corrected chi connectivity index (χ0v) is 31.5. The fraction of sp³-hybridized carbons (Fsp3) is 0.316. The highest BCUT2D eigenvalue weighted by Crippen LogP contribution is 2.43. The first kappa shape index (κ1) is 36.2. The van der Waals surface area contributed by atoms with Gasteiger partial charge in [-0.05, 0) is 12.1 Å². The first-order chi connectivity index (χ1) is 28.0. The Labute approximate surface area is 330 Å². The normalized spacial score (nSPS) is 21.2. The molecule has 0 aliphatic heterocycles. The Kier molecular flexibility index (Phi) is 8.53. The molecule has 0 unspecified atom stereocenters. The van der Waals surface area contributed by atoms with Gasteiger partial charge in [0.05, 0.1) is 82.9 Å². The van der Waals surface area contributed by atoms with Crippen LogP contribution in [-0.2, 0) is 25.2 Å². The van der Waals surface area contributed by atoms with Crippen LogP contribution < -0.4 is 11.5 Å². The molecule has 6 N–H and O–H groups in total. The maximum absolute atomic E-state index is 9.84. The SMILES string of the molecule is [C-]#[N+]CC1(n2cc(-c3nc(-c4cnn(C)c4)cn4nccc34)c(N)n2)CC(O)C1.[C-]#[N+]CC1(n2cc(-c3nc(-c4cnn(C)c4)cn4nccc34)c(N)n2)CC(O)C1. The predicted octanol–water partition coefficient (Wildman–Crippen LogP) is 2.69. The number of aliphatic hydroxyl groups is 2. The van der Waals surface area contributed by atoms with E-state index in [9.17, 15) is 10.2 Å². The number of fused-ring (bicyclic) bond motifs is 2. The number of aromatic nitrogens is 14. The van der Waals surface area contributed by atoms with Crippen molar-refractivity contribution in [3.05, 3.63) is 96.9 Å². The van der Waals surface area contributed by atoms with Crippen molar-refractivity contribution in [2.45, 2.75) is 49.0 Å². The minimum Gasteiger partial charge on any atom is -0.393 e. The molecule has 58 heavy (non-hydrogen) atoms. The summed E-state index contributed by atoms with van der Waals surface area (Å²) in [6.07, 6.45) is 19.1. The van der Waals surface area contributed by atoms with Gasteiger partial charge in [0, 0.05) is 75.7 Å². The van der Waals surface area contributed by atoms with Gasteiger partial charge < -0.3 is 31.4 Å². The predicted molar refractivity (Wildman–Crippen MR) is 211 cm³/mol. The van der Waals surface area contributed by atoms with Crippen molar-refractivity contribution in [2.75, 3.05) is 24.6 Å². The Balaban J connectivity index is 0.000000150. The van der Waals surface area contributed by atoms with Crippen LogP contribution in [-0.4, -0.2) is 104 Å². The molecular weight excluding hydrogens is 741 g/mol. The van der Waals surface area contributed by atoms with Crippen LogP contribution in [0.2, 0.25) is 0 Å². The monoisotopic (exact) mass is 778 g/mol. The Hall–Kier alpha value is -7.42. The number of hydrogen-bond acceptors (Lipinski definition) is 12. The van der Waals surface area contributed by atoms with Gasteiger partial charge in [0.25, 0.3) is 0 Å². The van der Waals surface area contributed by atoms with Gasteiger partial charge in [0.1, 0.15) is 22.5 Å². The smallest absolute Gasteiger partial charge is 0.239 e. The van der Waals surface area contributed by atoms with Crippen LogP contribution in [0.5, 0.6) is 0 Å². The highest BCUT2D eigenvalue weighted by atomic mass is 16.3. The summed E-state index contributed by atoms with van der Waals surface area (Å²) in [6, 6.07) is 3.74. The molecule has 8 aromatic heterocycles. The molecule has 0 bridgehead atoms. The molecule has 20 heteroatoms. The molecule has 292 valence electrons. The highest BCUT2D eigenvalue weighted by molar-refractivity contribution is 5.85. The Morgan fingerprint density at radius 2 is 1.07 bits per heavy atom. The van der Waals surface area contributed by atoms with Crippen molar-refractivity contribution < 1.29 is 10.2 Å². The number of nitrogens with two attached hydrogens (primary N) is 2. The minimum atomic E-state index is -0.523. The Bertz CT molecular complexity index is 2700. The highest BCUT2D eigenvalue weighted by Gasteiger charge is 2.50. The van der Waals surface area contributed by atoms with E-state index in [-0.39, 0.29) is 13.1 Å². The zero-order chi connectivity index (χ0) is 40.3. The zero-order valence-electron chi connectivity index (χ0n) is 31.5. The van der Waals surface area contributed by atoms with Crippen LogP contribution in [0.25, 0.3) is 65.8 Å². The van der Waals surface area contributed by atoms with Crippen LogP contribution in [0, 0.1) is 13.1 Å². The lowest BCUT2D eigenvalue weighted by molar-refractivity contribution is -0.0198. The number of anilines is 2. The fourth-order valence-corrected chi connectivity index (χ4v) is 7.97. The maximum Gasteiger partial charge on any atom is 0.239 e. The lowest BCUT2D eigenvalue weighted by Crippen LogP contribution is -2.51.